The van der Waals surface area contributed by atoms with E-state index in [-0.39, 0.29) is 5.89 Å². The Morgan fingerprint density at radius 1 is 1.00 bits per heavy atom. The van der Waals surface area contributed by atoms with Gasteiger partial charge < -0.3 is 9.05 Å². The quantitative estimate of drug-likeness (QED) is 0.647. The second-order valence-corrected chi connectivity index (χ2v) is 3.01. The van der Waals surface area contributed by atoms with Gasteiger partial charge in [0.05, 0.1) is 6.20 Å². The van der Waals surface area contributed by atoms with Crippen LogP contribution in [0.3, 0.4) is 0 Å². The SMILES string of the molecule is c1ccc(-c2noc(-c3ccno3)n2)nc1. The monoisotopic (exact) mass is 214 g/mol. The van der Waals surface area contributed by atoms with E-state index >= 15 is 0 Å². The number of rotatable bonds is 2. The second kappa shape index (κ2) is 3.58. The summed E-state index contributed by atoms with van der Waals surface area (Å²) in [4.78, 5) is 8.26. The highest BCUT2D eigenvalue weighted by Crippen LogP contribution is 2.19. The molecule has 0 radical (unpaired) electrons. The lowest BCUT2D eigenvalue weighted by molar-refractivity contribution is 0.385. The highest BCUT2D eigenvalue weighted by Gasteiger charge is 2.13. The summed E-state index contributed by atoms with van der Waals surface area (Å²) in [6, 6.07) is 7.12. The van der Waals surface area contributed by atoms with Crippen LogP contribution in [0, 0.1) is 0 Å². The highest BCUT2D eigenvalue weighted by molar-refractivity contribution is 5.52. The van der Waals surface area contributed by atoms with E-state index in [4.69, 9.17) is 9.05 Å². The van der Waals surface area contributed by atoms with Gasteiger partial charge in [-0.2, -0.15) is 4.98 Å². The number of hydrogen-bond acceptors (Lipinski definition) is 6. The van der Waals surface area contributed by atoms with Crippen LogP contribution >= 0.6 is 0 Å². The highest BCUT2D eigenvalue weighted by atomic mass is 16.5. The van der Waals surface area contributed by atoms with Crippen molar-refractivity contribution in [2.45, 2.75) is 0 Å². The van der Waals surface area contributed by atoms with Gasteiger partial charge in [0.2, 0.25) is 11.6 Å². The molecule has 3 rings (SSSR count). The van der Waals surface area contributed by atoms with Crippen LogP contribution in [0.15, 0.2) is 45.7 Å². The number of aromatic nitrogens is 4. The summed E-state index contributed by atoms with van der Waals surface area (Å²) in [5.74, 6) is 1.15. The standard InChI is InChI=1S/C10H6N4O2/c1-2-5-11-7(3-1)9-13-10(16-14-9)8-4-6-12-15-8/h1-6H. The van der Waals surface area contributed by atoms with Crippen LogP contribution in [0.2, 0.25) is 0 Å². The topological polar surface area (TPSA) is 77.8 Å². The van der Waals surface area contributed by atoms with Crippen molar-refractivity contribution in [2.75, 3.05) is 0 Å². The zero-order valence-corrected chi connectivity index (χ0v) is 8.07. The van der Waals surface area contributed by atoms with Crippen molar-refractivity contribution in [3.63, 3.8) is 0 Å². The summed E-state index contributed by atoms with van der Waals surface area (Å²) in [5.41, 5.74) is 0.650. The Bertz CT molecular complexity index is 574. The van der Waals surface area contributed by atoms with Crippen molar-refractivity contribution >= 4 is 0 Å². The van der Waals surface area contributed by atoms with Gasteiger partial charge in [0, 0.05) is 12.3 Å². The Hall–Kier alpha value is -2.50. The van der Waals surface area contributed by atoms with E-state index in [0.717, 1.165) is 0 Å². The predicted octanol–water partition coefficient (Wildman–Crippen LogP) is 1.79. The van der Waals surface area contributed by atoms with Gasteiger partial charge in [0.15, 0.2) is 0 Å². The molecule has 0 amide bonds. The van der Waals surface area contributed by atoms with Crippen molar-refractivity contribution in [1.29, 1.82) is 0 Å². The van der Waals surface area contributed by atoms with Crippen molar-refractivity contribution in [1.82, 2.24) is 20.3 Å². The summed E-state index contributed by atoms with van der Waals surface area (Å²) in [7, 11) is 0. The van der Waals surface area contributed by atoms with Gasteiger partial charge in [-0.15, -0.1) is 0 Å². The first kappa shape index (κ1) is 8.78. The Morgan fingerprint density at radius 2 is 2.00 bits per heavy atom. The summed E-state index contributed by atoms with van der Waals surface area (Å²) in [6.45, 7) is 0. The first-order valence-corrected chi connectivity index (χ1v) is 4.59. The van der Waals surface area contributed by atoms with Gasteiger partial charge in [0.25, 0.3) is 5.89 Å². The fourth-order valence-corrected chi connectivity index (χ4v) is 1.25. The molecule has 0 unspecified atom stereocenters. The molecule has 16 heavy (non-hydrogen) atoms. The van der Waals surface area contributed by atoms with E-state index in [2.05, 4.69) is 20.3 Å². The average Bonchev–Trinajstić information content (AvgIpc) is 3.01. The third-order valence-electron chi connectivity index (χ3n) is 1.97. The molecule has 6 nitrogen and oxygen atoms in total. The molecule has 0 saturated heterocycles. The molecule has 0 fully saturated rings. The van der Waals surface area contributed by atoms with Crippen LogP contribution in [0.4, 0.5) is 0 Å². The Kier molecular flexibility index (Phi) is 1.96. The molecule has 0 aliphatic heterocycles. The predicted molar refractivity (Wildman–Crippen MR) is 53.0 cm³/mol. The molecule has 3 aromatic rings. The van der Waals surface area contributed by atoms with Crippen molar-refractivity contribution < 1.29 is 9.05 Å². The van der Waals surface area contributed by atoms with Gasteiger partial charge in [-0.1, -0.05) is 16.4 Å². The Morgan fingerprint density at radius 3 is 2.75 bits per heavy atom. The van der Waals surface area contributed by atoms with Gasteiger partial charge in [-0.3, -0.25) is 4.98 Å². The first-order chi connectivity index (χ1) is 7.93. The van der Waals surface area contributed by atoms with Crippen molar-refractivity contribution in [3.05, 3.63) is 36.7 Å². The number of pyridine rings is 1. The first-order valence-electron chi connectivity index (χ1n) is 4.59. The molecule has 3 heterocycles. The van der Waals surface area contributed by atoms with Crippen LogP contribution in [-0.2, 0) is 0 Å². The van der Waals surface area contributed by atoms with Gasteiger partial charge >= 0.3 is 0 Å². The lowest BCUT2D eigenvalue weighted by atomic mass is 10.3. The number of nitrogens with zero attached hydrogens (tertiary/aromatic N) is 4. The fraction of sp³-hybridized carbons (Fsp3) is 0. The summed E-state index contributed by atoms with van der Waals surface area (Å²) >= 11 is 0. The Labute approximate surface area is 89.9 Å². The smallest absolute Gasteiger partial charge is 0.296 e. The lowest BCUT2D eigenvalue weighted by Gasteiger charge is -1.88. The molecular weight excluding hydrogens is 208 g/mol. The van der Waals surface area contributed by atoms with E-state index in [9.17, 15) is 0 Å². The van der Waals surface area contributed by atoms with E-state index in [1.807, 2.05) is 12.1 Å². The molecule has 0 spiro atoms. The molecule has 0 aromatic carbocycles. The lowest BCUT2D eigenvalue weighted by Crippen LogP contribution is -1.83. The van der Waals surface area contributed by atoms with Gasteiger partial charge in [-0.05, 0) is 12.1 Å². The van der Waals surface area contributed by atoms with Crippen molar-refractivity contribution in [3.8, 4) is 23.2 Å². The van der Waals surface area contributed by atoms with Gasteiger partial charge in [0.1, 0.15) is 5.69 Å². The van der Waals surface area contributed by atoms with Crippen LogP contribution in [0.5, 0.6) is 0 Å². The maximum Gasteiger partial charge on any atom is 0.296 e. The van der Waals surface area contributed by atoms with E-state index in [1.54, 1.807) is 18.3 Å². The minimum atomic E-state index is 0.290. The molecule has 0 atom stereocenters. The molecular formula is C10H6N4O2. The normalized spacial score (nSPS) is 10.5. The summed E-state index contributed by atoms with van der Waals surface area (Å²) < 4.78 is 9.93. The van der Waals surface area contributed by atoms with Crippen LogP contribution in [0.1, 0.15) is 0 Å². The molecule has 0 bridgehead atoms. The van der Waals surface area contributed by atoms with E-state index in [0.29, 0.717) is 17.3 Å². The summed E-state index contributed by atoms with van der Waals surface area (Å²) in [6.07, 6.45) is 3.18. The van der Waals surface area contributed by atoms with Crippen LogP contribution in [0.25, 0.3) is 23.2 Å². The molecule has 0 aliphatic carbocycles. The summed E-state index contributed by atoms with van der Waals surface area (Å²) in [5, 5.41) is 7.37. The largest absolute Gasteiger partial charge is 0.351 e. The third kappa shape index (κ3) is 1.46. The fourth-order valence-electron chi connectivity index (χ4n) is 1.25. The number of hydrogen-bond donors (Lipinski definition) is 0. The van der Waals surface area contributed by atoms with Crippen LogP contribution < -0.4 is 0 Å². The maximum absolute atomic E-state index is 5.03. The zero-order valence-electron chi connectivity index (χ0n) is 8.07. The molecule has 6 heteroatoms. The molecule has 78 valence electrons. The van der Waals surface area contributed by atoms with Gasteiger partial charge in [-0.25, -0.2) is 0 Å². The minimum absolute atomic E-state index is 0.290. The molecule has 0 saturated carbocycles. The zero-order chi connectivity index (χ0) is 10.8. The molecule has 0 aliphatic rings. The Balaban J connectivity index is 2.00. The molecule has 0 N–H and O–H groups in total. The maximum atomic E-state index is 5.03. The second-order valence-electron chi connectivity index (χ2n) is 3.01. The van der Waals surface area contributed by atoms with Crippen molar-refractivity contribution in [2.24, 2.45) is 0 Å². The van der Waals surface area contributed by atoms with E-state index < -0.39 is 0 Å². The van der Waals surface area contributed by atoms with E-state index in [1.165, 1.54) is 6.20 Å². The third-order valence-corrected chi connectivity index (χ3v) is 1.97. The average molecular weight is 214 g/mol. The van der Waals surface area contributed by atoms with Crippen LogP contribution in [-0.4, -0.2) is 20.3 Å². The minimum Gasteiger partial charge on any atom is -0.351 e. The molecule has 3 aromatic heterocycles.